The van der Waals surface area contributed by atoms with E-state index in [0.717, 1.165) is 44.1 Å². The van der Waals surface area contributed by atoms with Crippen LogP contribution in [-0.4, -0.2) is 59.6 Å². The summed E-state index contributed by atoms with van der Waals surface area (Å²) in [5, 5.41) is 6.49. The Hall–Kier alpha value is -0.910. The number of sulfone groups is 1. The molecule has 2 N–H and O–H groups in total. The molecule has 0 aliphatic carbocycles. The highest BCUT2D eigenvalue weighted by Crippen LogP contribution is 2.11. The number of hydrogen-bond donors (Lipinski definition) is 2. The minimum Gasteiger partial charge on any atom is -0.379 e. The number of rotatable bonds is 9. The summed E-state index contributed by atoms with van der Waals surface area (Å²) in [6.07, 6.45) is 3.32. The highest BCUT2D eigenvalue weighted by Gasteiger charge is 2.15. The van der Waals surface area contributed by atoms with Crippen LogP contribution in [0.15, 0.2) is 34.2 Å². The van der Waals surface area contributed by atoms with Gasteiger partial charge in [-0.1, -0.05) is 12.1 Å². The molecule has 0 saturated carbocycles. The molecule has 1 aliphatic rings. The molecule has 1 unspecified atom stereocenters. The highest BCUT2D eigenvalue weighted by molar-refractivity contribution is 14.0. The molecule has 2 rings (SSSR count). The van der Waals surface area contributed by atoms with Gasteiger partial charge in [-0.05, 0) is 37.5 Å². The largest absolute Gasteiger partial charge is 0.379 e. The van der Waals surface area contributed by atoms with Gasteiger partial charge in [-0.2, -0.15) is 0 Å². The number of ether oxygens (including phenoxy) is 2. The number of benzene rings is 1. The highest BCUT2D eigenvalue weighted by atomic mass is 127. The van der Waals surface area contributed by atoms with Crippen molar-refractivity contribution in [2.75, 3.05) is 39.2 Å². The van der Waals surface area contributed by atoms with Gasteiger partial charge < -0.3 is 20.1 Å². The summed E-state index contributed by atoms with van der Waals surface area (Å²) in [5.74, 6) is 0.740. The summed E-state index contributed by atoms with van der Waals surface area (Å²) in [6, 6.07) is 6.82. The van der Waals surface area contributed by atoms with Gasteiger partial charge in [0.05, 0.1) is 24.2 Å². The Bertz CT molecular complexity index is 674. The van der Waals surface area contributed by atoms with Crippen LogP contribution in [0.5, 0.6) is 0 Å². The Morgan fingerprint density at radius 2 is 2.04 bits per heavy atom. The van der Waals surface area contributed by atoms with E-state index in [0.29, 0.717) is 24.7 Å². The van der Waals surface area contributed by atoms with Crippen LogP contribution in [0.1, 0.15) is 25.3 Å². The van der Waals surface area contributed by atoms with Gasteiger partial charge in [-0.25, -0.2) is 13.4 Å². The SMILES string of the molecule is CCNC(=NCc1ccc(S(C)(=O)=O)cc1)NCCCOC1CCOC1.I. The zero-order chi connectivity index (χ0) is 18.8. The van der Waals surface area contributed by atoms with E-state index < -0.39 is 9.84 Å². The summed E-state index contributed by atoms with van der Waals surface area (Å²) in [6.45, 7) is 6.24. The lowest BCUT2D eigenvalue weighted by atomic mass is 10.2. The molecule has 9 heteroatoms. The van der Waals surface area contributed by atoms with Crippen molar-refractivity contribution in [1.82, 2.24) is 10.6 Å². The molecule has 0 bridgehead atoms. The summed E-state index contributed by atoms with van der Waals surface area (Å²) in [7, 11) is -3.16. The summed E-state index contributed by atoms with van der Waals surface area (Å²) >= 11 is 0. The molecule has 0 amide bonds. The Morgan fingerprint density at radius 1 is 1.30 bits per heavy atom. The molecule has 0 aromatic heterocycles. The van der Waals surface area contributed by atoms with Crippen molar-refractivity contribution in [2.45, 2.75) is 37.3 Å². The summed E-state index contributed by atoms with van der Waals surface area (Å²) < 4.78 is 34.0. The number of guanidine groups is 1. The minimum absolute atomic E-state index is 0. The van der Waals surface area contributed by atoms with Gasteiger partial charge in [0, 0.05) is 32.6 Å². The average Bonchev–Trinajstić information content (AvgIpc) is 3.12. The van der Waals surface area contributed by atoms with Crippen molar-refractivity contribution in [3.8, 4) is 0 Å². The number of nitrogens with one attached hydrogen (secondary N) is 2. The molecule has 1 atom stereocenters. The van der Waals surface area contributed by atoms with Crippen LogP contribution < -0.4 is 10.6 Å². The first-order chi connectivity index (χ1) is 12.5. The third kappa shape index (κ3) is 9.22. The van der Waals surface area contributed by atoms with E-state index in [1.165, 1.54) is 6.26 Å². The van der Waals surface area contributed by atoms with E-state index in [-0.39, 0.29) is 30.1 Å². The first-order valence-corrected chi connectivity index (χ1v) is 10.9. The van der Waals surface area contributed by atoms with E-state index in [4.69, 9.17) is 9.47 Å². The van der Waals surface area contributed by atoms with Crippen molar-refractivity contribution in [2.24, 2.45) is 4.99 Å². The Morgan fingerprint density at radius 3 is 2.63 bits per heavy atom. The van der Waals surface area contributed by atoms with Crippen LogP contribution in [0, 0.1) is 0 Å². The maximum atomic E-state index is 11.5. The van der Waals surface area contributed by atoms with E-state index in [1.807, 2.05) is 6.92 Å². The van der Waals surface area contributed by atoms with Crippen LogP contribution in [-0.2, 0) is 25.9 Å². The minimum atomic E-state index is -3.16. The monoisotopic (exact) mass is 511 g/mol. The molecular weight excluding hydrogens is 481 g/mol. The summed E-state index contributed by atoms with van der Waals surface area (Å²) in [4.78, 5) is 4.86. The quantitative estimate of drug-likeness (QED) is 0.228. The fourth-order valence-corrected chi connectivity index (χ4v) is 3.16. The fraction of sp³-hybridized carbons (Fsp3) is 0.611. The first kappa shape index (κ1) is 24.1. The standard InChI is InChI=1S/C18H29N3O4S.HI/c1-3-19-18(20-10-4-11-25-16-9-12-24-14-16)21-13-15-5-7-17(8-6-15)26(2,22)23;/h5-8,16H,3-4,9-14H2,1-2H3,(H2,19,20,21);1H. The molecule has 1 aliphatic heterocycles. The van der Waals surface area contributed by atoms with Gasteiger partial charge in [0.15, 0.2) is 15.8 Å². The van der Waals surface area contributed by atoms with Gasteiger partial charge in [0.2, 0.25) is 0 Å². The Kier molecular flexibility index (Phi) is 11.2. The van der Waals surface area contributed by atoms with Crippen molar-refractivity contribution >= 4 is 39.8 Å². The van der Waals surface area contributed by atoms with Crippen molar-refractivity contribution in [1.29, 1.82) is 0 Å². The lowest BCUT2D eigenvalue weighted by Gasteiger charge is -2.13. The van der Waals surface area contributed by atoms with Gasteiger partial charge >= 0.3 is 0 Å². The second kappa shape index (κ2) is 12.5. The third-order valence-corrected chi connectivity index (χ3v) is 5.10. The van der Waals surface area contributed by atoms with Crippen molar-refractivity contribution < 1.29 is 17.9 Å². The van der Waals surface area contributed by atoms with Crippen LogP contribution in [0.3, 0.4) is 0 Å². The molecular formula is C18H30IN3O4S. The molecule has 1 fully saturated rings. The zero-order valence-electron chi connectivity index (χ0n) is 15.9. The lowest BCUT2D eigenvalue weighted by Crippen LogP contribution is -2.38. The molecule has 1 aromatic rings. The number of nitrogens with zero attached hydrogens (tertiary/aromatic N) is 1. The molecule has 0 spiro atoms. The lowest BCUT2D eigenvalue weighted by molar-refractivity contribution is 0.0420. The maximum Gasteiger partial charge on any atom is 0.191 e. The molecule has 27 heavy (non-hydrogen) atoms. The van der Waals surface area contributed by atoms with Crippen molar-refractivity contribution in [3.05, 3.63) is 29.8 Å². The van der Waals surface area contributed by atoms with E-state index >= 15 is 0 Å². The average molecular weight is 511 g/mol. The fourth-order valence-electron chi connectivity index (χ4n) is 2.53. The zero-order valence-corrected chi connectivity index (χ0v) is 19.1. The van der Waals surface area contributed by atoms with Crippen LogP contribution in [0.2, 0.25) is 0 Å². The Labute approximate surface area is 179 Å². The second-order valence-corrected chi connectivity index (χ2v) is 8.26. The van der Waals surface area contributed by atoms with Gasteiger partial charge in [0.1, 0.15) is 0 Å². The predicted molar refractivity (Wildman–Crippen MR) is 118 cm³/mol. The molecule has 7 nitrogen and oxygen atoms in total. The first-order valence-electron chi connectivity index (χ1n) is 8.99. The molecule has 1 heterocycles. The van der Waals surface area contributed by atoms with Crippen LogP contribution in [0.4, 0.5) is 0 Å². The van der Waals surface area contributed by atoms with Crippen LogP contribution in [0.25, 0.3) is 0 Å². The number of aliphatic imine (C=N–C) groups is 1. The molecule has 1 aromatic carbocycles. The number of hydrogen-bond acceptors (Lipinski definition) is 5. The number of halogens is 1. The predicted octanol–water partition coefficient (Wildman–Crippen LogP) is 1.96. The second-order valence-electron chi connectivity index (χ2n) is 6.25. The van der Waals surface area contributed by atoms with E-state index in [2.05, 4.69) is 15.6 Å². The Balaban J connectivity index is 0.00000364. The van der Waals surface area contributed by atoms with Gasteiger partial charge in [-0.15, -0.1) is 24.0 Å². The molecule has 0 radical (unpaired) electrons. The molecule has 1 saturated heterocycles. The maximum absolute atomic E-state index is 11.5. The van der Waals surface area contributed by atoms with Crippen molar-refractivity contribution in [3.63, 3.8) is 0 Å². The van der Waals surface area contributed by atoms with Gasteiger partial charge in [0.25, 0.3) is 0 Å². The summed E-state index contributed by atoms with van der Waals surface area (Å²) in [5.41, 5.74) is 0.958. The molecule has 154 valence electrons. The third-order valence-electron chi connectivity index (χ3n) is 3.97. The van der Waals surface area contributed by atoms with E-state index in [9.17, 15) is 8.42 Å². The normalized spacial score (nSPS) is 17.4. The smallest absolute Gasteiger partial charge is 0.191 e. The van der Waals surface area contributed by atoms with E-state index in [1.54, 1.807) is 24.3 Å². The topological polar surface area (TPSA) is 89.0 Å². The van der Waals surface area contributed by atoms with Crippen LogP contribution >= 0.6 is 24.0 Å². The van der Waals surface area contributed by atoms with Gasteiger partial charge in [-0.3, -0.25) is 0 Å².